The number of rotatable bonds is 3. The van der Waals surface area contributed by atoms with Crippen molar-refractivity contribution in [3.63, 3.8) is 0 Å². The van der Waals surface area contributed by atoms with Crippen molar-refractivity contribution in [3.05, 3.63) is 23.5 Å². The number of carbonyl (C=O) groups is 1. The molecule has 7 heteroatoms. The maximum absolute atomic E-state index is 12.7. The average Bonchev–Trinajstić information content (AvgIpc) is 2.61. The number of nitrogens with zero attached hydrogens (tertiary/aromatic N) is 2. The van der Waals surface area contributed by atoms with Crippen LogP contribution in [0.4, 0.5) is 9.57 Å². The van der Waals surface area contributed by atoms with Gasteiger partial charge in [0, 0.05) is 36.5 Å². The number of pyridine rings is 1. The van der Waals surface area contributed by atoms with E-state index in [1.54, 1.807) is 12.3 Å². The van der Waals surface area contributed by atoms with Crippen LogP contribution >= 0.6 is 0 Å². The Kier molecular flexibility index (Phi) is 3.58. The second-order valence-corrected chi connectivity index (χ2v) is 6.23. The van der Waals surface area contributed by atoms with Crippen molar-refractivity contribution < 1.29 is 17.1 Å². The van der Waals surface area contributed by atoms with Crippen LogP contribution in [-0.2, 0) is 15.0 Å². The van der Waals surface area contributed by atoms with Gasteiger partial charge < -0.3 is 4.90 Å². The highest BCUT2D eigenvalue weighted by molar-refractivity contribution is 7.86. The van der Waals surface area contributed by atoms with E-state index in [1.807, 2.05) is 13.8 Å². The van der Waals surface area contributed by atoms with Crippen molar-refractivity contribution in [3.8, 4) is 0 Å². The summed E-state index contributed by atoms with van der Waals surface area (Å²) >= 11 is 0. The van der Waals surface area contributed by atoms with Crippen LogP contribution in [-0.4, -0.2) is 31.6 Å². The van der Waals surface area contributed by atoms with E-state index in [0.29, 0.717) is 0 Å². The van der Waals surface area contributed by atoms with Gasteiger partial charge in [0.2, 0.25) is 5.91 Å². The Morgan fingerprint density at radius 2 is 2.16 bits per heavy atom. The zero-order chi connectivity index (χ0) is 14.2. The molecular weight excluding hydrogens is 271 g/mol. The van der Waals surface area contributed by atoms with Crippen molar-refractivity contribution in [1.29, 1.82) is 0 Å². The minimum atomic E-state index is -4.55. The monoisotopic (exact) mass is 286 g/mol. The third-order valence-electron chi connectivity index (χ3n) is 3.36. The summed E-state index contributed by atoms with van der Waals surface area (Å²) in [5.74, 6) is -1.27. The van der Waals surface area contributed by atoms with Gasteiger partial charge in [0.15, 0.2) is 0 Å². The summed E-state index contributed by atoms with van der Waals surface area (Å²) < 4.78 is 34.0. The van der Waals surface area contributed by atoms with Gasteiger partial charge in [-0.1, -0.05) is 0 Å². The summed E-state index contributed by atoms with van der Waals surface area (Å²) in [5, 5.41) is 0. The van der Waals surface area contributed by atoms with Crippen LogP contribution in [0.5, 0.6) is 0 Å². The fraction of sp³-hybridized carbons (Fsp3) is 0.500. The number of hydrogen-bond donors (Lipinski definition) is 0. The van der Waals surface area contributed by atoms with Gasteiger partial charge in [0.05, 0.1) is 5.75 Å². The number of carbonyl (C=O) groups excluding carboxylic acids is 1. The van der Waals surface area contributed by atoms with Gasteiger partial charge in [0.1, 0.15) is 0 Å². The lowest BCUT2D eigenvalue weighted by Gasteiger charge is -2.19. The lowest BCUT2D eigenvalue weighted by molar-refractivity contribution is -0.117. The SMILES string of the molecule is Cc1nccc(N2CC(CS(=O)(=O)F)CC2=O)c1C. The largest absolute Gasteiger partial charge is 0.312 e. The first-order valence-electron chi connectivity index (χ1n) is 5.93. The first kappa shape index (κ1) is 13.9. The van der Waals surface area contributed by atoms with Crippen molar-refractivity contribution in [2.45, 2.75) is 20.3 Å². The van der Waals surface area contributed by atoms with E-state index in [2.05, 4.69) is 4.98 Å². The first-order chi connectivity index (χ1) is 8.78. The zero-order valence-corrected chi connectivity index (χ0v) is 11.6. The number of aryl methyl sites for hydroxylation is 1. The summed E-state index contributed by atoms with van der Waals surface area (Å²) in [6.45, 7) is 3.92. The van der Waals surface area contributed by atoms with Crippen LogP contribution < -0.4 is 4.90 Å². The Hall–Kier alpha value is -1.50. The van der Waals surface area contributed by atoms with Crippen LogP contribution in [0.1, 0.15) is 17.7 Å². The second-order valence-electron chi connectivity index (χ2n) is 4.82. The number of hydrogen-bond acceptors (Lipinski definition) is 4. The van der Waals surface area contributed by atoms with E-state index in [0.717, 1.165) is 16.9 Å². The molecule has 104 valence electrons. The summed E-state index contributed by atoms with van der Waals surface area (Å²) in [5.41, 5.74) is 2.41. The predicted molar refractivity (Wildman–Crippen MR) is 69.1 cm³/mol. The predicted octanol–water partition coefficient (Wildman–Crippen LogP) is 1.35. The molecule has 1 aromatic heterocycles. The van der Waals surface area contributed by atoms with Crippen molar-refractivity contribution >= 4 is 21.8 Å². The quantitative estimate of drug-likeness (QED) is 0.787. The smallest absolute Gasteiger partial charge is 0.302 e. The molecule has 1 atom stereocenters. The van der Waals surface area contributed by atoms with E-state index >= 15 is 0 Å². The molecule has 1 amide bonds. The summed E-state index contributed by atoms with van der Waals surface area (Å²) in [7, 11) is -4.55. The van der Waals surface area contributed by atoms with Gasteiger partial charge in [-0.2, -0.15) is 8.42 Å². The normalized spacial score (nSPS) is 20.1. The number of amides is 1. The minimum Gasteiger partial charge on any atom is -0.312 e. The van der Waals surface area contributed by atoms with E-state index < -0.39 is 21.9 Å². The van der Waals surface area contributed by atoms with Gasteiger partial charge in [0.25, 0.3) is 0 Å². The third-order valence-corrected chi connectivity index (χ3v) is 4.23. The molecule has 1 aliphatic heterocycles. The van der Waals surface area contributed by atoms with Gasteiger partial charge in [-0.05, 0) is 25.5 Å². The summed E-state index contributed by atoms with van der Waals surface area (Å²) in [6.07, 6.45) is 1.66. The zero-order valence-electron chi connectivity index (χ0n) is 10.8. The van der Waals surface area contributed by atoms with Crippen LogP contribution in [0.15, 0.2) is 12.3 Å². The Labute approximate surface area is 111 Å². The van der Waals surface area contributed by atoms with E-state index in [9.17, 15) is 17.1 Å². The van der Waals surface area contributed by atoms with Gasteiger partial charge in [-0.3, -0.25) is 9.78 Å². The van der Waals surface area contributed by atoms with Crippen molar-refractivity contribution in [2.24, 2.45) is 5.92 Å². The molecule has 0 spiro atoms. The molecule has 0 bridgehead atoms. The lowest BCUT2D eigenvalue weighted by atomic mass is 10.1. The molecule has 19 heavy (non-hydrogen) atoms. The molecular formula is C12H15FN2O3S. The molecule has 0 aliphatic carbocycles. The van der Waals surface area contributed by atoms with Crippen LogP contribution in [0.25, 0.3) is 0 Å². The van der Waals surface area contributed by atoms with Crippen molar-refractivity contribution in [1.82, 2.24) is 4.98 Å². The fourth-order valence-corrected chi connectivity index (χ4v) is 3.11. The van der Waals surface area contributed by atoms with Crippen LogP contribution in [0, 0.1) is 19.8 Å². The maximum atomic E-state index is 12.7. The molecule has 1 aromatic rings. The van der Waals surface area contributed by atoms with Gasteiger partial charge in [-0.25, -0.2) is 0 Å². The Morgan fingerprint density at radius 1 is 1.47 bits per heavy atom. The maximum Gasteiger partial charge on any atom is 0.302 e. The molecule has 5 nitrogen and oxygen atoms in total. The Bertz CT molecular complexity index is 615. The molecule has 1 fully saturated rings. The number of aromatic nitrogens is 1. The average molecular weight is 286 g/mol. The molecule has 0 N–H and O–H groups in total. The highest BCUT2D eigenvalue weighted by Gasteiger charge is 2.34. The molecule has 1 saturated heterocycles. The Balaban J connectivity index is 2.23. The molecule has 2 rings (SSSR count). The minimum absolute atomic E-state index is 0.0595. The molecule has 0 aromatic carbocycles. The lowest BCUT2D eigenvalue weighted by Crippen LogP contribution is -2.26. The molecule has 2 heterocycles. The van der Waals surface area contributed by atoms with Crippen molar-refractivity contribution in [2.75, 3.05) is 17.2 Å². The topological polar surface area (TPSA) is 67.3 Å². The molecule has 0 saturated carbocycles. The van der Waals surface area contributed by atoms with E-state index in [4.69, 9.17) is 0 Å². The molecule has 0 radical (unpaired) electrons. The Morgan fingerprint density at radius 3 is 2.79 bits per heavy atom. The van der Waals surface area contributed by atoms with Gasteiger partial charge in [-0.15, -0.1) is 3.89 Å². The highest BCUT2D eigenvalue weighted by atomic mass is 32.3. The van der Waals surface area contributed by atoms with Crippen LogP contribution in [0.3, 0.4) is 0 Å². The van der Waals surface area contributed by atoms with Gasteiger partial charge >= 0.3 is 10.2 Å². The molecule has 1 unspecified atom stereocenters. The number of anilines is 1. The molecule has 1 aliphatic rings. The summed E-state index contributed by atoms with van der Waals surface area (Å²) in [6, 6.07) is 1.71. The van der Waals surface area contributed by atoms with E-state index in [-0.39, 0.29) is 18.9 Å². The third kappa shape index (κ3) is 3.09. The van der Waals surface area contributed by atoms with Crippen LogP contribution in [0.2, 0.25) is 0 Å². The standard InChI is InChI=1S/C12H15FN2O3S/c1-8-9(2)14-4-3-11(8)15-6-10(5-12(15)16)7-19(13,17)18/h3-4,10H,5-7H2,1-2H3. The van der Waals surface area contributed by atoms with E-state index in [1.165, 1.54) is 4.90 Å². The fourth-order valence-electron chi connectivity index (χ4n) is 2.33. The summed E-state index contributed by atoms with van der Waals surface area (Å²) in [4.78, 5) is 17.6. The highest BCUT2D eigenvalue weighted by Crippen LogP contribution is 2.29. The first-order valence-corrected chi connectivity index (χ1v) is 7.48. The number of halogens is 1. The second kappa shape index (κ2) is 4.88.